The first-order valence-corrected chi connectivity index (χ1v) is 17.4. The molecule has 0 spiro atoms. The first kappa shape index (κ1) is 32.0. The van der Waals surface area contributed by atoms with Gasteiger partial charge in [0.05, 0.1) is 16.4 Å². The molecule has 0 unspecified atom stereocenters. The summed E-state index contributed by atoms with van der Waals surface area (Å²) < 4.78 is 56.7. The van der Waals surface area contributed by atoms with Crippen molar-refractivity contribution in [1.82, 2.24) is 4.31 Å². The number of methoxy groups -OCH3 is 2. The van der Waals surface area contributed by atoms with Gasteiger partial charge in [-0.15, -0.1) is 0 Å². The largest absolute Gasteiger partial charge is 0.454 e. The van der Waals surface area contributed by atoms with Crippen molar-refractivity contribution < 1.29 is 36.7 Å². The van der Waals surface area contributed by atoms with E-state index >= 15 is 0 Å². The van der Waals surface area contributed by atoms with Crippen LogP contribution in [-0.4, -0.2) is 73.0 Å². The number of non-ortho nitro benzene ring substituents is 1. The number of benzene rings is 2. The maximum Gasteiger partial charge on any atom is 0.269 e. The molecule has 0 bridgehead atoms. The van der Waals surface area contributed by atoms with Crippen molar-refractivity contribution in [3.8, 4) is 11.5 Å². The third-order valence-corrected chi connectivity index (χ3v) is 13.9. The Morgan fingerprint density at radius 3 is 2.30 bits per heavy atom. The van der Waals surface area contributed by atoms with Crippen molar-refractivity contribution in [1.29, 1.82) is 0 Å². The van der Waals surface area contributed by atoms with Crippen LogP contribution in [0.2, 0.25) is 18.1 Å². The highest BCUT2D eigenvalue weighted by molar-refractivity contribution is 7.89. The fourth-order valence-corrected chi connectivity index (χ4v) is 6.45. The number of nitro groups is 1. The molecule has 0 fully saturated rings. The molecular formula is C27H40N2O9SSi. The van der Waals surface area contributed by atoms with E-state index in [0.717, 1.165) is 11.1 Å². The molecule has 0 amide bonds. The molecule has 0 radical (unpaired) electrons. The summed E-state index contributed by atoms with van der Waals surface area (Å²) in [5, 5.41) is 11.1. The summed E-state index contributed by atoms with van der Waals surface area (Å²) >= 11 is 0. The Hall–Kier alpha value is -2.55. The SMILES string of the molecule is COC(CN(CCc1cc(CCO[Si](C)(C)C(C)(C)C)cc2c1OCO2)S(=O)(=O)c1ccc([N+](=O)[O-])cc1)OC. The number of nitrogens with zero attached hydrogens (tertiary/aromatic N) is 2. The van der Waals surface area contributed by atoms with Crippen LogP contribution in [0.1, 0.15) is 31.9 Å². The van der Waals surface area contributed by atoms with Gasteiger partial charge in [-0.05, 0) is 60.3 Å². The molecule has 1 aliphatic heterocycles. The zero-order valence-corrected chi connectivity index (χ0v) is 26.1. The molecule has 0 aliphatic carbocycles. The van der Waals surface area contributed by atoms with Crippen molar-refractivity contribution >= 4 is 24.0 Å². The van der Waals surface area contributed by atoms with Crippen LogP contribution in [-0.2, 0) is 36.8 Å². The number of ether oxygens (including phenoxy) is 4. The van der Waals surface area contributed by atoms with Gasteiger partial charge in [-0.2, -0.15) is 4.31 Å². The zero-order chi connectivity index (χ0) is 29.7. The summed E-state index contributed by atoms with van der Waals surface area (Å²) in [7, 11) is -3.08. The lowest BCUT2D eigenvalue weighted by Gasteiger charge is -2.36. The molecule has 1 aliphatic rings. The lowest BCUT2D eigenvalue weighted by molar-refractivity contribution is -0.384. The van der Waals surface area contributed by atoms with Crippen LogP contribution in [0, 0.1) is 10.1 Å². The van der Waals surface area contributed by atoms with Crippen molar-refractivity contribution in [2.24, 2.45) is 0 Å². The van der Waals surface area contributed by atoms with E-state index in [-0.39, 0.29) is 35.5 Å². The highest BCUT2D eigenvalue weighted by atomic mass is 32.2. The van der Waals surface area contributed by atoms with E-state index in [4.69, 9.17) is 23.4 Å². The normalized spacial score (nSPS) is 13.8. The number of hydrogen-bond donors (Lipinski definition) is 0. The van der Waals surface area contributed by atoms with Crippen molar-refractivity contribution in [3.63, 3.8) is 0 Å². The van der Waals surface area contributed by atoms with Gasteiger partial charge in [0, 0.05) is 39.5 Å². The topological polar surface area (TPSA) is 127 Å². The average molecular weight is 597 g/mol. The Labute approximate surface area is 237 Å². The molecule has 40 heavy (non-hydrogen) atoms. The lowest BCUT2D eigenvalue weighted by Crippen LogP contribution is -2.41. The summed E-state index contributed by atoms with van der Waals surface area (Å²) in [5.41, 5.74) is 1.63. The van der Waals surface area contributed by atoms with Gasteiger partial charge < -0.3 is 23.4 Å². The lowest BCUT2D eigenvalue weighted by atomic mass is 10.0. The molecule has 13 heteroatoms. The Morgan fingerprint density at radius 2 is 1.73 bits per heavy atom. The number of rotatable bonds is 14. The van der Waals surface area contributed by atoms with Crippen LogP contribution in [0.4, 0.5) is 5.69 Å². The van der Waals surface area contributed by atoms with Crippen LogP contribution in [0.25, 0.3) is 0 Å². The molecule has 11 nitrogen and oxygen atoms in total. The van der Waals surface area contributed by atoms with Crippen LogP contribution in [0.5, 0.6) is 11.5 Å². The van der Waals surface area contributed by atoms with E-state index in [9.17, 15) is 18.5 Å². The minimum absolute atomic E-state index is 0.0644. The number of hydrogen-bond acceptors (Lipinski definition) is 9. The van der Waals surface area contributed by atoms with E-state index in [1.165, 1.54) is 42.8 Å². The molecule has 0 saturated heterocycles. The molecule has 0 saturated carbocycles. The highest BCUT2D eigenvalue weighted by Crippen LogP contribution is 2.39. The fourth-order valence-electron chi connectivity index (χ4n) is 3.97. The predicted octanol–water partition coefficient (Wildman–Crippen LogP) is 4.74. The van der Waals surface area contributed by atoms with Gasteiger partial charge in [-0.25, -0.2) is 8.42 Å². The molecule has 222 valence electrons. The van der Waals surface area contributed by atoms with Crippen LogP contribution in [0.3, 0.4) is 0 Å². The summed E-state index contributed by atoms with van der Waals surface area (Å²) in [4.78, 5) is 10.4. The van der Waals surface area contributed by atoms with Crippen LogP contribution < -0.4 is 9.47 Å². The first-order valence-electron chi connectivity index (χ1n) is 13.0. The first-order chi connectivity index (χ1) is 18.7. The maximum atomic E-state index is 13.6. The molecular weight excluding hydrogens is 556 g/mol. The van der Waals surface area contributed by atoms with Gasteiger partial charge in [-0.1, -0.05) is 26.8 Å². The molecule has 1 heterocycles. The summed E-state index contributed by atoms with van der Waals surface area (Å²) in [6.45, 7) is 11.7. The van der Waals surface area contributed by atoms with E-state index < -0.39 is 29.6 Å². The Bertz CT molecular complexity index is 1270. The standard InChI is InChI=1S/C27H40N2O9SSi/c1-27(2,3)40(6,7)38-15-13-20-16-21(26-24(17-20)36-19-37-26)12-14-28(18-25(34-4)35-5)39(32,33)23-10-8-22(9-11-23)29(30)31/h8-11,16-17,25H,12-15,18-19H2,1-7H3. The van der Waals surface area contributed by atoms with Gasteiger partial charge in [0.25, 0.3) is 5.69 Å². The van der Waals surface area contributed by atoms with Gasteiger partial charge in [0.2, 0.25) is 16.8 Å². The van der Waals surface area contributed by atoms with E-state index in [1.54, 1.807) is 0 Å². The van der Waals surface area contributed by atoms with Gasteiger partial charge in [0.15, 0.2) is 26.1 Å². The van der Waals surface area contributed by atoms with Crippen molar-refractivity contribution in [2.75, 3.05) is 40.7 Å². The number of sulfonamides is 1. The smallest absolute Gasteiger partial charge is 0.269 e. The second-order valence-corrected chi connectivity index (χ2v) is 17.9. The fraction of sp³-hybridized carbons (Fsp3) is 0.556. The Kier molecular flexibility index (Phi) is 10.4. The third-order valence-electron chi connectivity index (χ3n) is 7.46. The molecule has 0 aromatic heterocycles. The van der Waals surface area contributed by atoms with Gasteiger partial charge in [0.1, 0.15) is 0 Å². The van der Waals surface area contributed by atoms with Crippen molar-refractivity contribution in [2.45, 2.75) is 62.9 Å². The van der Waals surface area contributed by atoms with Crippen LogP contribution >= 0.6 is 0 Å². The molecule has 2 aromatic rings. The summed E-state index contributed by atoms with van der Waals surface area (Å²) in [6.07, 6.45) is 0.197. The van der Waals surface area contributed by atoms with Gasteiger partial charge >= 0.3 is 0 Å². The highest BCUT2D eigenvalue weighted by Gasteiger charge is 2.37. The Balaban J connectivity index is 1.84. The predicted molar refractivity (Wildman–Crippen MR) is 153 cm³/mol. The zero-order valence-electron chi connectivity index (χ0n) is 24.3. The second kappa shape index (κ2) is 13.0. The van der Waals surface area contributed by atoms with Crippen molar-refractivity contribution in [3.05, 3.63) is 57.6 Å². The number of fused-ring (bicyclic) bond motifs is 1. The van der Waals surface area contributed by atoms with Crippen LogP contribution in [0.15, 0.2) is 41.3 Å². The van der Waals surface area contributed by atoms with Gasteiger partial charge in [-0.3, -0.25) is 10.1 Å². The van der Waals surface area contributed by atoms with E-state index in [0.29, 0.717) is 30.9 Å². The van der Waals surface area contributed by atoms with E-state index in [1.807, 2.05) is 12.1 Å². The Morgan fingerprint density at radius 1 is 1.07 bits per heavy atom. The molecule has 0 N–H and O–H groups in total. The summed E-state index contributed by atoms with van der Waals surface area (Å²) in [6, 6.07) is 8.74. The quantitative estimate of drug-likeness (QED) is 0.131. The van der Waals surface area contributed by atoms with E-state index in [2.05, 4.69) is 33.9 Å². The maximum absolute atomic E-state index is 13.6. The minimum Gasteiger partial charge on any atom is -0.454 e. The molecule has 3 rings (SSSR count). The number of nitro benzene ring substituents is 1. The molecule has 0 atom stereocenters. The average Bonchev–Trinajstić information content (AvgIpc) is 3.37. The minimum atomic E-state index is -4.03. The molecule has 2 aromatic carbocycles. The third kappa shape index (κ3) is 7.59. The monoisotopic (exact) mass is 596 g/mol. The second-order valence-electron chi connectivity index (χ2n) is 11.1. The summed E-state index contributed by atoms with van der Waals surface area (Å²) in [5.74, 6) is 1.22.